The van der Waals surface area contributed by atoms with Crippen LogP contribution in [-0.2, 0) is 0 Å². The molecule has 1 heterocycles. The molecule has 5 nitrogen and oxygen atoms in total. The number of nitrogens with one attached hydrogen (secondary N) is 1. The Balaban J connectivity index is 2.22. The number of nitrogens with zero attached hydrogens (tertiary/aromatic N) is 2. The predicted molar refractivity (Wildman–Crippen MR) is 75.9 cm³/mol. The number of hydrogen-bond acceptors (Lipinski definition) is 5. The van der Waals surface area contributed by atoms with Gasteiger partial charge in [-0.2, -0.15) is 5.10 Å². The van der Waals surface area contributed by atoms with Crippen LogP contribution >= 0.6 is 11.6 Å². The number of halogens is 1. The van der Waals surface area contributed by atoms with Crippen molar-refractivity contribution in [1.29, 1.82) is 0 Å². The highest BCUT2D eigenvalue weighted by Crippen LogP contribution is 2.23. The van der Waals surface area contributed by atoms with Crippen molar-refractivity contribution < 1.29 is 9.90 Å². The van der Waals surface area contributed by atoms with Crippen LogP contribution < -0.4 is 10.5 Å². The average molecular weight is 289 g/mol. The van der Waals surface area contributed by atoms with E-state index < -0.39 is 5.97 Å². The van der Waals surface area contributed by atoms with Crippen LogP contribution in [0.25, 0.3) is 0 Å². The molecule has 0 fully saturated rings. The van der Waals surface area contributed by atoms with Crippen LogP contribution in [0.15, 0.2) is 47.8 Å². The summed E-state index contributed by atoms with van der Waals surface area (Å²) in [5.74, 6) is -1.26. The van der Waals surface area contributed by atoms with E-state index >= 15 is 0 Å². The number of pyridine rings is 1. The summed E-state index contributed by atoms with van der Waals surface area (Å²) >= 11 is 5.98. The number of benzene rings is 1. The smallest absolute Gasteiger partial charge is 0.0754 e. The van der Waals surface area contributed by atoms with Crippen molar-refractivity contribution in [2.75, 3.05) is 5.43 Å². The standard InChI is InChI=1S/C14H12ClN3O2/c1-9(10-4-6-16-7-5-10)17-18-13-8-11(14(19)20)2-3-12(13)15/h2-8,18H,1H3,(H,19,20)/p-1/b17-9-. The first-order chi connectivity index (χ1) is 9.58. The summed E-state index contributed by atoms with van der Waals surface area (Å²) in [5, 5.41) is 15.3. The summed E-state index contributed by atoms with van der Waals surface area (Å²) in [6.45, 7) is 1.82. The molecule has 0 spiro atoms. The molecule has 0 radical (unpaired) electrons. The molecule has 0 atom stereocenters. The number of hydrogen-bond donors (Lipinski definition) is 1. The van der Waals surface area contributed by atoms with Gasteiger partial charge < -0.3 is 9.90 Å². The fourth-order valence-corrected chi connectivity index (χ4v) is 1.70. The summed E-state index contributed by atoms with van der Waals surface area (Å²) in [6, 6.07) is 7.87. The number of carbonyl (C=O) groups excluding carboxylic acids is 1. The maximum atomic E-state index is 10.8. The molecule has 20 heavy (non-hydrogen) atoms. The molecule has 102 valence electrons. The van der Waals surface area contributed by atoms with Gasteiger partial charge in [0.2, 0.25) is 0 Å². The van der Waals surface area contributed by atoms with Gasteiger partial charge in [0.05, 0.1) is 22.4 Å². The summed E-state index contributed by atoms with van der Waals surface area (Å²) in [7, 11) is 0. The number of aromatic carboxylic acids is 1. The van der Waals surface area contributed by atoms with E-state index in [1.165, 1.54) is 18.2 Å². The molecule has 0 unspecified atom stereocenters. The fourth-order valence-electron chi connectivity index (χ4n) is 1.54. The van der Waals surface area contributed by atoms with E-state index in [1.54, 1.807) is 12.4 Å². The molecule has 0 saturated heterocycles. The van der Waals surface area contributed by atoms with Crippen LogP contribution in [0.2, 0.25) is 5.02 Å². The molecule has 0 aliphatic heterocycles. The van der Waals surface area contributed by atoms with Gasteiger partial charge in [0.25, 0.3) is 0 Å². The Bertz CT molecular complexity index is 657. The normalized spacial score (nSPS) is 11.2. The number of hydrazone groups is 1. The topological polar surface area (TPSA) is 77.4 Å². The third kappa shape index (κ3) is 3.33. The lowest BCUT2D eigenvalue weighted by molar-refractivity contribution is -0.255. The molecule has 2 aromatic rings. The largest absolute Gasteiger partial charge is 0.545 e. The molecule has 1 N–H and O–H groups in total. The number of rotatable bonds is 4. The molecule has 0 bridgehead atoms. The van der Waals surface area contributed by atoms with E-state index in [2.05, 4.69) is 15.5 Å². The molecule has 0 aliphatic carbocycles. The van der Waals surface area contributed by atoms with Crippen LogP contribution in [0.4, 0.5) is 5.69 Å². The minimum absolute atomic E-state index is 0.0358. The van der Waals surface area contributed by atoms with Crippen molar-refractivity contribution in [3.63, 3.8) is 0 Å². The highest BCUT2D eigenvalue weighted by molar-refractivity contribution is 6.33. The van der Waals surface area contributed by atoms with Crippen molar-refractivity contribution in [3.05, 3.63) is 58.9 Å². The van der Waals surface area contributed by atoms with E-state index in [1.807, 2.05) is 19.1 Å². The van der Waals surface area contributed by atoms with Crippen molar-refractivity contribution in [1.82, 2.24) is 4.98 Å². The first-order valence-electron chi connectivity index (χ1n) is 5.79. The van der Waals surface area contributed by atoms with Crippen LogP contribution in [0.1, 0.15) is 22.8 Å². The van der Waals surface area contributed by atoms with Crippen molar-refractivity contribution in [2.24, 2.45) is 5.10 Å². The Morgan fingerprint density at radius 2 is 1.95 bits per heavy atom. The average Bonchev–Trinajstić information content (AvgIpc) is 2.46. The molecular weight excluding hydrogens is 278 g/mol. The van der Waals surface area contributed by atoms with Gasteiger partial charge in [-0.25, -0.2) is 0 Å². The van der Waals surface area contributed by atoms with Gasteiger partial charge in [-0.1, -0.05) is 17.7 Å². The summed E-state index contributed by atoms with van der Waals surface area (Å²) in [5.41, 5.74) is 4.82. The second kappa shape index (κ2) is 6.16. The van der Waals surface area contributed by atoms with Gasteiger partial charge in [-0.15, -0.1) is 0 Å². The van der Waals surface area contributed by atoms with Crippen LogP contribution in [0.3, 0.4) is 0 Å². The zero-order chi connectivity index (χ0) is 14.5. The van der Waals surface area contributed by atoms with Crippen LogP contribution in [0, 0.1) is 0 Å². The molecule has 1 aromatic heterocycles. The molecule has 6 heteroatoms. The molecule has 2 rings (SSSR count). The van der Waals surface area contributed by atoms with E-state index in [9.17, 15) is 9.90 Å². The Morgan fingerprint density at radius 3 is 2.60 bits per heavy atom. The van der Waals surface area contributed by atoms with Crippen molar-refractivity contribution in [2.45, 2.75) is 6.92 Å². The second-order valence-electron chi connectivity index (χ2n) is 4.03. The lowest BCUT2D eigenvalue weighted by Gasteiger charge is -2.08. The van der Waals surface area contributed by atoms with Crippen molar-refractivity contribution >= 4 is 29.0 Å². The first kappa shape index (κ1) is 14.0. The Kier molecular flexibility index (Phi) is 4.32. The van der Waals surface area contributed by atoms with E-state index in [0.29, 0.717) is 10.7 Å². The molecule has 0 amide bonds. The predicted octanol–water partition coefficient (Wildman–Crippen LogP) is 1.93. The number of carboxylic acid groups (broad SMARTS) is 1. The highest BCUT2D eigenvalue weighted by atomic mass is 35.5. The maximum absolute atomic E-state index is 10.8. The third-order valence-electron chi connectivity index (χ3n) is 2.64. The van der Waals surface area contributed by atoms with Gasteiger partial charge >= 0.3 is 0 Å². The van der Waals surface area contributed by atoms with Gasteiger partial charge in [0.1, 0.15) is 0 Å². The van der Waals surface area contributed by atoms with E-state index in [4.69, 9.17) is 11.6 Å². The molecular formula is C14H11ClN3O2-. The van der Waals surface area contributed by atoms with Gasteiger partial charge in [0.15, 0.2) is 0 Å². The van der Waals surface area contributed by atoms with Gasteiger partial charge in [-0.3, -0.25) is 10.4 Å². The third-order valence-corrected chi connectivity index (χ3v) is 2.97. The minimum Gasteiger partial charge on any atom is -0.545 e. The Labute approximate surface area is 120 Å². The Hall–Kier alpha value is -2.40. The van der Waals surface area contributed by atoms with E-state index in [-0.39, 0.29) is 5.56 Å². The lowest BCUT2D eigenvalue weighted by atomic mass is 10.2. The SMILES string of the molecule is C/C(=N/Nc1cc(C(=O)[O-])ccc1Cl)c1ccncc1. The molecule has 0 saturated carbocycles. The summed E-state index contributed by atoms with van der Waals surface area (Å²) in [6.07, 6.45) is 3.33. The summed E-state index contributed by atoms with van der Waals surface area (Å²) in [4.78, 5) is 14.7. The first-order valence-corrected chi connectivity index (χ1v) is 6.17. The van der Waals surface area contributed by atoms with Gasteiger partial charge in [-0.05, 0) is 36.8 Å². The zero-order valence-electron chi connectivity index (χ0n) is 10.6. The van der Waals surface area contributed by atoms with Crippen molar-refractivity contribution in [3.8, 4) is 0 Å². The minimum atomic E-state index is -1.26. The Morgan fingerprint density at radius 1 is 1.25 bits per heavy atom. The number of anilines is 1. The van der Waals surface area contributed by atoms with Crippen LogP contribution in [-0.4, -0.2) is 16.7 Å². The number of aromatic nitrogens is 1. The highest BCUT2D eigenvalue weighted by Gasteiger charge is 2.03. The number of carbonyl (C=O) groups is 1. The lowest BCUT2D eigenvalue weighted by Crippen LogP contribution is -2.22. The van der Waals surface area contributed by atoms with E-state index in [0.717, 1.165) is 11.3 Å². The molecule has 1 aromatic carbocycles. The fraction of sp³-hybridized carbons (Fsp3) is 0.0714. The zero-order valence-corrected chi connectivity index (χ0v) is 11.4. The quantitative estimate of drug-likeness (QED) is 0.689. The number of carboxylic acids is 1. The molecule has 0 aliphatic rings. The maximum Gasteiger partial charge on any atom is 0.0754 e. The van der Waals surface area contributed by atoms with Gasteiger partial charge in [0, 0.05) is 18.0 Å². The monoisotopic (exact) mass is 288 g/mol. The summed E-state index contributed by atoms with van der Waals surface area (Å²) < 4.78 is 0. The second-order valence-corrected chi connectivity index (χ2v) is 4.43. The van der Waals surface area contributed by atoms with Crippen LogP contribution in [0.5, 0.6) is 0 Å².